The van der Waals surface area contributed by atoms with Crippen LogP contribution in [0.3, 0.4) is 0 Å². The summed E-state index contributed by atoms with van der Waals surface area (Å²) in [6.45, 7) is 5.34. The van der Waals surface area contributed by atoms with E-state index in [4.69, 9.17) is 16.3 Å². The van der Waals surface area contributed by atoms with E-state index in [0.29, 0.717) is 11.8 Å². The topological polar surface area (TPSA) is 9.23 Å². The van der Waals surface area contributed by atoms with Gasteiger partial charge < -0.3 is 4.74 Å². The Balaban J connectivity index is 2.14. The molecule has 1 heterocycles. The standard InChI is InChI=1S/C12H23ClO/c1-3-4-5-6-7-11-8-10(2)9-14-12(11)13/h10-12H,3-9H2,1-2H3. The molecule has 1 nitrogen and oxygen atoms in total. The van der Waals surface area contributed by atoms with Crippen LogP contribution >= 0.6 is 11.6 Å². The third-order valence-electron chi connectivity index (χ3n) is 3.04. The fraction of sp³-hybridized carbons (Fsp3) is 1.00. The molecule has 1 fully saturated rings. The first-order chi connectivity index (χ1) is 6.74. The van der Waals surface area contributed by atoms with Crippen LogP contribution in [-0.2, 0) is 4.74 Å². The second kappa shape index (κ2) is 6.68. The third kappa shape index (κ3) is 4.18. The molecule has 84 valence electrons. The maximum absolute atomic E-state index is 6.14. The fourth-order valence-electron chi connectivity index (χ4n) is 2.17. The zero-order valence-corrected chi connectivity index (χ0v) is 10.2. The molecule has 14 heavy (non-hydrogen) atoms. The Bertz CT molecular complexity index is 149. The minimum absolute atomic E-state index is 0.0205. The predicted octanol–water partition coefficient (Wildman–Crippen LogP) is 4.19. The van der Waals surface area contributed by atoms with Crippen LogP contribution in [0.25, 0.3) is 0 Å². The summed E-state index contributed by atoms with van der Waals surface area (Å²) in [5, 5.41) is 0. The van der Waals surface area contributed by atoms with Gasteiger partial charge in [-0.2, -0.15) is 0 Å². The lowest BCUT2D eigenvalue weighted by molar-refractivity contribution is -0.00902. The second-order valence-electron chi connectivity index (χ2n) is 4.63. The van der Waals surface area contributed by atoms with E-state index in [1.807, 2.05) is 0 Å². The molecular weight excluding hydrogens is 196 g/mol. The van der Waals surface area contributed by atoms with Crippen LogP contribution < -0.4 is 0 Å². The van der Waals surface area contributed by atoms with E-state index in [2.05, 4.69) is 13.8 Å². The Hall–Kier alpha value is 0.250. The van der Waals surface area contributed by atoms with Crippen molar-refractivity contribution >= 4 is 11.6 Å². The zero-order valence-electron chi connectivity index (χ0n) is 9.47. The average molecular weight is 219 g/mol. The molecule has 2 heteroatoms. The monoisotopic (exact) mass is 218 g/mol. The molecule has 3 unspecified atom stereocenters. The molecule has 0 radical (unpaired) electrons. The molecule has 1 saturated heterocycles. The highest BCUT2D eigenvalue weighted by Gasteiger charge is 2.27. The van der Waals surface area contributed by atoms with E-state index in [0.717, 1.165) is 6.61 Å². The number of unbranched alkanes of at least 4 members (excludes halogenated alkanes) is 3. The summed E-state index contributed by atoms with van der Waals surface area (Å²) in [5.41, 5.74) is -0.0205. The van der Waals surface area contributed by atoms with Crippen molar-refractivity contribution in [3.63, 3.8) is 0 Å². The molecule has 3 atom stereocenters. The van der Waals surface area contributed by atoms with Crippen LogP contribution in [0.4, 0.5) is 0 Å². The number of rotatable bonds is 5. The first kappa shape index (κ1) is 12.3. The van der Waals surface area contributed by atoms with Crippen LogP contribution in [0.2, 0.25) is 0 Å². The zero-order chi connectivity index (χ0) is 10.4. The van der Waals surface area contributed by atoms with E-state index in [-0.39, 0.29) is 5.56 Å². The van der Waals surface area contributed by atoms with Crippen LogP contribution in [0.15, 0.2) is 0 Å². The van der Waals surface area contributed by atoms with Gasteiger partial charge in [-0.25, -0.2) is 0 Å². The molecular formula is C12H23ClO. The molecule has 0 amide bonds. The third-order valence-corrected chi connectivity index (χ3v) is 3.53. The second-order valence-corrected chi connectivity index (χ2v) is 5.06. The summed E-state index contributed by atoms with van der Waals surface area (Å²) in [7, 11) is 0. The van der Waals surface area contributed by atoms with Crippen LogP contribution in [-0.4, -0.2) is 12.2 Å². The lowest BCUT2D eigenvalue weighted by Gasteiger charge is -2.31. The minimum Gasteiger partial charge on any atom is -0.362 e. The van der Waals surface area contributed by atoms with Gasteiger partial charge in [0.1, 0.15) is 5.56 Å². The quantitative estimate of drug-likeness (QED) is 0.497. The summed E-state index contributed by atoms with van der Waals surface area (Å²) in [6.07, 6.45) is 7.83. The van der Waals surface area contributed by atoms with Gasteiger partial charge >= 0.3 is 0 Å². The molecule has 1 rings (SSSR count). The van der Waals surface area contributed by atoms with Gasteiger partial charge in [0.05, 0.1) is 6.61 Å². The number of alkyl halides is 1. The van der Waals surface area contributed by atoms with E-state index in [1.54, 1.807) is 0 Å². The largest absolute Gasteiger partial charge is 0.362 e. The lowest BCUT2D eigenvalue weighted by atomic mass is 9.90. The molecule has 0 aromatic heterocycles. The SMILES string of the molecule is CCCCCCC1CC(C)COC1Cl. The van der Waals surface area contributed by atoms with Crippen LogP contribution in [0.1, 0.15) is 52.4 Å². The summed E-state index contributed by atoms with van der Waals surface area (Å²) in [6, 6.07) is 0. The first-order valence-corrected chi connectivity index (χ1v) is 6.43. The van der Waals surface area contributed by atoms with E-state index < -0.39 is 0 Å². The molecule has 0 spiro atoms. The van der Waals surface area contributed by atoms with Gasteiger partial charge in [-0.1, -0.05) is 51.1 Å². The van der Waals surface area contributed by atoms with Crippen molar-refractivity contribution in [3.8, 4) is 0 Å². The Labute approximate surface area is 93.2 Å². The molecule has 0 bridgehead atoms. The van der Waals surface area contributed by atoms with Gasteiger partial charge in [-0.3, -0.25) is 0 Å². The summed E-state index contributed by atoms with van der Waals surface area (Å²) < 4.78 is 5.53. The van der Waals surface area contributed by atoms with Gasteiger partial charge in [-0.15, -0.1) is 0 Å². The van der Waals surface area contributed by atoms with Crippen molar-refractivity contribution in [3.05, 3.63) is 0 Å². The van der Waals surface area contributed by atoms with E-state index in [1.165, 1.54) is 38.5 Å². The number of hydrogen-bond donors (Lipinski definition) is 0. The molecule has 0 N–H and O–H groups in total. The summed E-state index contributed by atoms with van der Waals surface area (Å²) >= 11 is 6.14. The van der Waals surface area contributed by atoms with Crippen molar-refractivity contribution < 1.29 is 4.74 Å². The van der Waals surface area contributed by atoms with Gasteiger partial charge in [0.25, 0.3) is 0 Å². The predicted molar refractivity (Wildman–Crippen MR) is 61.6 cm³/mol. The Morgan fingerprint density at radius 1 is 1.29 bits per heavy atom. The Kier molecular flexibility index (Phi) is 5.88. The van der Waals surface area contributed by atoms with Gasteiger partial charge in [-0.05, 0) is 24.7 Å². The highest BCUT2D eigenvalue weighted by atomic mass is 35.5. The maximum atomic E-state index is 6.14. The highest BCUT2D eigenvalue weighted by Crippen LogP contribution is 2.31. The first-order valence-electron chi connectivity index (χ1n) is 5.99. The smallest absolute Gasteiger partial charge is 0.134 e. The van der Waals surface area contributed by atoms with Crippen molar-refractivity contribution in [2.24, 2.45) is 11.8 Å². The normalized spacial score (nSPS) is 33.2. The molecule has 1 aliphatic heterocycles. The molecule has 0 aromatic carbocycles. The van der Waals surface area contributed by atoms with E-state index in [9.17, 15) is 0 Å². The van der Waals surface area contributed by atoms with Gasteiger partial charge in [0.2, 0.25) is 0 Å². The van der Waals surface area contributed by atoms with Crippen molar-refractivity contribution in [2.75, 3.05) is 6.61 Å². The van der Waals surface area contributed by atoms with E-state index >= 15 is 0 Å². The maximum Gasteiger partial charge on any atom is 0.134 e. The van der Waals surface area contributed by atoms with Crippen molar-refractivity contribution in [1.82, 2.24) is 0 Å². The number of hydrogen-bond acceptors (Lipinski definition) is 1. The molecule has 0 aliphatic carbocycles. The van der Waals surface area contributed by atoms with Crippen LogP contribution in [0.5, 0.6) is 0 Å². The van der Waals surface area contributed by atoms with Crippen molar-refractivity contribution in [1.29, 1.82) is 0 Å². The number of halogens is 1. The minimum atomic E-state index is -0.0205. The average Bonchev–Trinajstić information content (AvgIpc) is 2.18. The van der Waals surface area contributed by atoms with Crippen molar-refractivity contribution in [2.45, 2.75) is 57.9 Å². The molecule has 0 aromatic rings. The van der Waals surface area contributed by atoms with Crippen LogP contribution in [0, 0.1) is 11.8 Å². The lowest BCUT2D eigenvalue weighted by Crippen LogP contribution is -2.29. The molecule has 1 aliphatic rings. The number of ether oxygens (including phenoxy) is 1. The summed E-state index contributed by atoms with van der Waals surface area (Å²) in [5.74, 6) is 1.29. The Morgan fingerprint density at radius 3 is 2.79 bits per heavy atom. The summed E-state index contributed by atoms with van der Waals surface area (Å²) in [4.78, 5) is 0. The van der Waals surface area contributed by atoms with Gasteiger partial charge in [0, 0.05) is 0 Å². The highest BCUT2D eigenvalue weighted by molar-refractivity contribution is 6.19. The van der Waals surface area contributed by atoms with Gasteiger partial charge in [0.15, 0.2) is 0 Å². The Morgan fingerprint density at radius 2 is 2.07 bits per heavy atom. The fourth-order valence-corrected chi connectivity index (χ4v) is 2.47. The molecule has 0 saturated carbocycles.